The summed E-state index contributed by atoms with van der Waals surface area (Å²) in [4.78, 5) is 0. The molecule has 2 saturated carbocycles. The third-order valence-electron chi connectivity index (χ3n) is 5.46. The van der Waals surface area contributed by atoms with E-state index in [0.29, 0.717) is 5.41 Å². The molecule has 20 heavy (non-hydrogen) atoms. The van der Waals surface area contributed by atoms with Crippen LogP contribution in [0.2, 0.25) is 0 Å². The Bertz CT molecular complexity index is 254. The predicted octanol–water partition coefficient (Wildman–Crippen LogP) is 4.53. The summed E-state index contributed by atoms with van der Waals surface area (Å²) in [5.41, 5.74) is 0.542. The van der Waals surface area contributed by atoms with Gasteiger partial charge in [-0.25, -0.2) is 0 Å². The van der Waals surface area contributed by atoms with E-state index >= 15 is 0 Å². The van der Waals surface area contributed by atoms with E-state index in [1.165, 1.54) is 70.8 Å². The maximum atomic E-state index is 5.65. The smallest absolute Gasteiger partial charge is 0.0471 e. The average molecular weight is 281 g/mol. The molecule has 2 fully saturated rings. The molecule has 0 unspecified atom stereocenters. The molecule has 0 radical (unpaired) electrons. The van der Waals surface area contributed by atoms with Gasteiger partial charge in [0.05, 0.1) is 0 Å². The van der Waals surface area contributed by atoms with Gasteiger partial charge in [0.15, 0.2) is 0 Å². The fourth-order valence-electron chi connectivity index (χ4n) is 3.67. The van der Waals surface area contributed by atoms with Gasteiger partial charge in [-0.3, -0.25) is 0 Å². The summed E-state index contributed by atoms with van der Waals surface area (Å²) >= 11 is 0. The van der Waals surface area contributed by atoms with Crippen molar-refractivity contribution in [3.8, 4) is 0 Å². The molecular weight excluding hydrogens is 246 g/mol. The molecule has 2 heteroatoms. The van der Waals surface area contributed by atoms with Crippen molar-refractivity contribution in [3.05, 3.63) is 0 Å². The molecule has 0 aromatic heterocycles. The summed E-state index contributed by atoms with van der Waals surface area (Å²) in [6.07, 6.45) is 14.1. The van der Waals surface area contributed by atoms with Crippen molar-refractivity contribution < 1.29 is 4.74 Å². The molecule has 118 valence electrons. The van der Waals surface area contributed by atoms with Gasteiger partial charge in [-0.15, -0.1) is 0 Å². The van der Waals surface area contributed by atoms with Crippen LogP contribution in [0.1, 0.15) is 78.1 Å². The Kier molecular flexibility index (Phi) is 6.83. The van der Waals surface area contributed by atoms with Gasteiger partial charge in [-0.05, 0) is 63.2 Å². The lowest BCUT2D eigenvalue weighted by Gasteiger charge is -2.41. The summed E-state index contributed by atoms with van der Waals surface area (Å²) in [5.74, 6) is 1.01. The third-order valence-corrected chi connectivity index (χ3v) is 5.46. The molecule has 0 amide bonds. The van der Waals surface area contributed by atoms with Crippen LogP contribution in [0.5, 0.6) is 0 Å². The van der Waals surface area contributed by atoms with Crippen LogP contribution in [0.25, 0.3) is 0 Å². The highest BCUT2D eigenvalue weighted by atomic mass is 16.5. The lowest BCUT2D eigenvalue weighted by Crippen LogP contribution is -2.39. The Morgan fingerprint density at radius 2 is 1.85 bits per heavy atom. The normalized spacial score (nSPS) is 30.6. The number of nitrogens with one attached hydrogen (secondary N) is 1. The first-order chi connectivity index (χ1) is 9.78. The Balaban J connectivity index is 1.77. The van der Waals surface area contributed by atoms with Crippen LogP contribution in [-0.4, -0.2) is 25.8 Å². The van der Waals surface area contributed by atoms with E-state index in [4.69, 9.17) is 4.74 Å². The van der Waals surface area contributed by atoms with Crippen molar-refractivity contribution in [2.75, 3.05) is 19.8 Å². The maximum absolute atomic E-state index is 5.65. The number of ether oxygens (including phenoxy) is 1. The van der Waals surface area contributed by atoms with Crippen LogP contribution >= 0.6 is 0 Å². The van der Waals surface area contributed by atoms with Gasteiger partial charge in [0.25, 0.3) is 0 Å². The zero-order valence-corrected chi connectivity index (χ0v) is 13.8. The van der Waals surface area contributed by atoms with E-state index in [2.05, 4.69) is 19.2 Å². The van der Waals surface area contributed by atoms with Crippen molar-refractivity contribution in [2.24, 2.45) is 11.3 Å². The molecule has 2 rings (SSSR count). The molecule has 0 heterocycles. The predicted molar refractivity (Wildman–Crippen MR) is 86.1 cm³/mol. The third kappa shape index (κ3) is 5.37. The van der Waals surface area contributed by atoms with Gasteiger partial charge in [0.2, 0.25) is 0 Å². The second-order valence-electron chi connectivity index (χ2n) is 7.19. The summed E-state index contributed by atoms with van der Waals surface area (Å²) in [5, 5.41) is 3.80. The highest BCUT2D eigenvalue weighted by molar-refractivity contribution is 4.91. The topological polar surface area (TPSA) is 21.3 Å². The van der Waals surface area contributed by atoms with Crippen LogP contribution in [0.4, 0.5) is 0 Å². The molecule has 0 atom stereocenters. The van der Waals surface area contributed by atoms with Crippen molar-refractivity contribution in [1.82, 2.24) is 5.32 Å². The van der Waals surface area contributed by atoms with Crippen LogP contribution < -0.4 is 5.32 Å². The van der Waals surface area contributed by atoms with Gasteiger partial charge in [0.1, 0.15) is 0 Å². The second-order valence-corrected chi connectivity index (χ2v) is 7.19. The standard InChI is InChI=1S/C18H35NO/c1-3-5-6-16-9-11-18(12-10-16,13-14-20-4-2)15-19-17-7-8-17/h16-17,19H,3-15H2,1-2H3. The lowest BCUT2D eigenvalue weighted by atomic mass is 9.67. The highest BCUT2D eigenvalue weighted by Crippen LogP contribution is 2.43. The molecule has 0 spiro atoms. The van der Waals surface area contributed by atoms with Crippen LogP contribution in [-0.2, 0) is 4.74 Å². The van der Waals surface area contributed by atoms with Crippen LogP contribution in [0.3, 0.4) is 0 Å². The minimum atomic E-state index is 0.542. The summed E-state index contributed by atoms with van der Waals surface area (Å²) in [7, 11) is 0. The molecule has 1 N–H and O–H groups in total. The van der Waals surface area contributed by atoms with E-state index in [0.717, 1.165) is 25.2 Å². The Labute approximate surface area is 126 Å². The van der Waals surface area contributed by atoms with E-state index in [9.17, 15) is 0 Å². The first-order valence-corrected chi connectivity index (χ1v) is 9.09. The summed E-state index contributed by atoms with van der Waals surface area (Å²) < 4.78 is 5.65. The lowest BCUT2D eigenvalue weighted by molar-refractivity contribution is 0.0657. The molecule has 0 bridgehead atoms. The van der Waals surface area contributed by atoms with Gasteiger partial charge in [-0.2, -0.15) is 0 Å². The fraction of sp³-hybridized carbons (Fsp3) is 1.00. The van der Waals surface area contributed by atoms with Gasteiger partial charge < -0.3 is 10.1 Å². The van der Waals surface area contributed by atoms with Crippen molar-refractivity contribution in [2.45, 2.75) is 84.1 Å². The molecule has 0 aromatic rings. The molecule has 2 aliphatic carbocycles. The molecular formula is C18H35NO. The molecule has 2 nitrogen and oxygen atoms in total. The van der Waals surface area contributed by atoms with Crippen LogP contribution in [0, 0.1) is 11.3 Å². The Morgan fingerprint density at radius 1 is 1.10 bits per heavy atom. The Morgan fingerprint density at radius 3 is 2.45 bits per heavy atom. The average Bonchev–Trinajstić information content (AvgIpc) is 3.29. The van der Waals surface area contributed by atoms with Crippen molar-refractivity contribution >= 4 is 0 Å². The van der Waals surface area contributed by atoms with E-state index in [1.807, 2.05) is 0 Å². The largest absolute Gasteiger partial charge is 0.382 e. The van der Waals surface area contributed by atoms with E-state index in [1.54, 1.807) is 0 Å². The van der Waals surface area contributed by atoms with E-state index in [-0.39, 0.29) is 0 Å². The molecule has 0 aromatic carbocycles. The molecule has 0 aliphatic heterocycles. The molecule has 0 saturated heterocycles. The maximum Gasteiger partial charge on any atom is 0.0471 e. The first-order valence-electron chi connectivity index (χ1n) is 9.09. The fourth-order valence-corrected chi connectivity index (χ4v) is 3.67. The first kappa shape index (κ1) is 16.3. The van der Waals surface area contributed by atoms with Gasteiger partial charge in [-0.1, -0.05) is 26.2 Å². The minimum Gasteiger partial charge on any atom is -0.382 e. The number of hydrogen-bond donors (Lipinski definition) is 1. The van der Waals surface area contributed by atoms with Crippen molar-refractivity contribution in [3.63, 3.8) is 0 Å². The van der Waals surface area contributed by atoms with Crippen LogP contribution in [0.15, 0.2) is 0 Å². The monoisotopic (exact) mass is 281 g/mol. The molecule has 2 aliphatic rings. The zero-order chi connectivity index (χ0) is 14.3. The summed E-state index contributed by atoms with van der Waals surface area (Å²) in [6.45, 7) is 7.49. The van der Waals surface area contributed by atoms with Crippen molar-refractivity contribution in [1.29, 1.82) is 0 Å². The van der Waals surface area contributed by atoms with E-state index < -0.39 is 0 Å². The number of rotatable bonds is 10. The zero-order valence-electron chi connectivity index (χ0n) is 13.8. The highest BCUT2D eigenvalue weighted by Gasteiger charge is 2.36. The quantitative estimate of drug-likeness (QED) is 0.594. The van der Waals surface area contributed by atoms with Gasteiger partial charge in [0, 0.05) is 25.8 Å². The number of unbranched alkanes of at least 4 members (excludes halogenated alkanes) is 1. The SMILES string of the molecule is CCCCC1CCC(CCOCC)(CNC2CC2)CC1. The minimum absolute atomic E-state index is 0.542. The number of hydrogen-bond acceptors (Lipinski definition) is 2. The Hall–Kier alpha value is -0.0800. The summed E-state index contributed by atoms with van der Waals surface area (Å²) in [6, 6.07) is 0.844. The van der Waals surface area contributed by atoms with Gasteiger partial charge >= 0.3 is 0 Å². The second kappa shape index (κ2) is 8.38.